The zero-order valence-corrected chi connectivity index (χ0v) is 20.9. The molecule has 0 saturated carbocycles. The number of benzene rings is 1. The van der Waals surface area contributed by atoms with Gasteiger partial charge in [0.1, 0.15) is 5.01 Å². The minimum Gasteiger partial charge on any atom is -0.352 e. The average Bonchev–Trinajstić information content (AvgIpc) is 3.19. The molecule has 1 aromatic carbocycles. The first-order valence-corrected chi connectivity index (χ1v) is 11.2. The molecule has 5 nitrogen and oxygen atoms in total. The summed E-state index contributed by atoms with van der Waals surface area (Å²) in [6.07, 6.45) is 4.03. The van der Waals surface area contributed by atoms with Crippen LogP contribution in [0.3, 0.4) is 0 Å². The Hall–Kier alpha value is -1.19. The van der Waals surface area contributed by atoms with Gasteiger partial charge in [0, 0.05) is 25.5 Å². The highest BCUT2D eigenvalue weighted by molar-refractivity contribution is 14.0. The third-order valence-electron chi connectivity index (χ3n) is 5.20. The lowest BCUT2D eigenvalue weighted by Crippen LogP contribution is -2.36. The largest absolute Gasteiger partial charge is 0.352 e. The second-order valence-corrected chi connectivity index (χ2v) is 8.65. The molecular formula is C22H34IN5S. The molecule has 0 aliphatic carbocycles. The van der Waals surface area contributed by atoms with E-state index in [1.165, 1.54) is 43.5 Å². The van der Waals surface area contributed by atoms with Gasteiger partial charge in [-0.25, -0.2) is 4.98 Å². The Bertz CT molecular complexity index is 768. The summed E-state index contributed by atoms with van der Waals surface area (Å²) in [4.78, 5) is 11.6. The van der Waals surface area contributed by atoms with E-state index in [-0.39, 0.29) is 24.0 Å². The van der Waals surface area contributed by atoms with E-state index in [4.69, 9.17) is 0 Å². The van der Waals surface area contributed by atoms with E-state index in [1.54, 1.807) is 11.3 Å². The summed E-state index contributed by atoms with van der Waals surface area (Å²) in [6.45, 7) is 9.31. The van der Waals surface area contributed by atoms with E-state index < -0.39 is 0 Å². The van der Waals surface area contributed by atoms with Crippen LogP contribution in [0.5, 0.6) is 0 Å². The van der Waals surface area contributed by atoms with Gasteiger partial charge in [0.15, 0.2) is 5.96 Å². The average molecular weight is 528 g/mol. The number of likely N-dealkylation sites (tertiary alicyclic amines) is 1. The molecule has 0 unspecified atom stereocenters. The molecule has 160 valence electrons. The van der Waals surface area contributed by atoms with Crippen LogP contribution in [0.4, 0.5) is 0 Å². The van der Waals surface area contributed by atoms with Crippen molar-refractivity contribution in [2.24, 2.45) is 4.99 Å². The molecule has 3 rings (SSSR count). The number of hydrogen-bond acceptors (Lipinski definition) is 4. The second kappa shape index (κ2) is 12.5. The van der Waals surface area contributed by atoms with Crippen molar-refractivity contribution in [1.29, 1.82) is 0 Å². The Morgan fingerprint density at radius 2 is 1.79 bits per heavy atom. The Morgan fingerprint density at radius 3 is 2.45 bits per heavy atom. The van der Waals surface area contributed by atoms with Gasteiger partial charge < -0.3 is 10.6 Å². The molecular weight excluding hydrogens is 493 g/mol. The number of nitrogens with zero attached hydrogens (tertiary/aromatic N) is 3. The van der Waals surface area contributed by atoms with Crippen LogP contribution in [-0.4, -0.2) is 36.0 Å². The predicted molar refractivity (Wildman–Crippen MR) is 134 cm³/mol. The van der Waals surface area contributed by atoms with Crippen molar-refractivity contribution >= 4 is 41.3 Å². The van der Waals surface area contributed by atoms with Crippen LogP contribution >= 0.6 is 35.3 Å². The summed E-state index contributed by atoms with van der Waals surface area (Å²) < 4.78 is 0. The number of hydrogen-bond donors (Lipinski definition) is 2. The highest BCUT2D eigenvalue weighted by Crippen LogP contribution is 2.18. The van der Waals surface area contributed by atoms with Crippen LogP contribution in [-0.2, 0) is 19.6 Å². The summed E-state index contributed by atoms with van der Waals surface area (Å²) in [5.74, 6) is 1.29. The molecule has 7 heteroatoms. The van der Waals surface area contributed by atoms with Gasteiger partial charge in [-0.2, -0.15) is 0 Å². The molecule has 29 heavy (non-hydrogen) atoms. The molecule has 1 aliphatic rings. The monoisotopic (exact) mass is 527 g/mol. The lowest BCUT2D eigenvalue weighted by Gasteiger charge is -2.27. The van der Waals surface area contributed by atoms with Gasteiger partial charge in [0.2, 0.25) is 0 Å². The third kappa shape index (κ3) is 7.53. The minimum absolute atomic E-state index is 0. The highest BCUT2D eigenvalue weighted by Gasteiger charge is 2.12. The molecule has 2 heterocycles. The molecule has 0 spiro atoms. The molecule has 0 radical (unpaired) electrons. The van der Waals surface area contributed by atoms with Crippen molar-refractivity contribution < 1.29 is 0 Å². The number of thiazole rings is 1. The van der Waals surface area contributed by atoms with Crippen LogP contribution in [0.15, 0.2) is 34.6 Å². The Kier molecular flexibility index (Phi) is 10.4. The summed E-state index contributed by atoms with van der Waals surface area (Å²) in [7, 11) is 1.82. The number of rotatable bonds is 7. The van der Waals surface area contributed by atoms with Crippen molar-refractivity contribution in [3.63, 3.8) is 0 Å². The topological polar surface area (TPSA) is 52.6 Å². The van der Waals surface area contributed by atoms with Gasteiger partial charge >= 0.3 is 0 Å². The fourth-order valence-corrected chi connectivity index (χ4v) is 4.37. The SMILES string of the molecule is CN=C(NCc1nc(C(C)C)cs1)NCc1ccccc1CN1CCCCC1.I. The van der Waals surface area contributed by atoms with Crippen LogP contribution < -0.4 is 10.6 Å². The summed E-state index contributed by atoms with van der Waals surface area (Å²) in [5.41, 5.74) is 3.91. The van der Waals surface area contributed by atoms with E-state index in [0.29, 0.717) is 12.5 Å². The minimum atomic E-state index is 0. The fourth-order valence-electron chi connectivity index (χ4n) is 3.47. The van der Waals surface area contributed by atoms with E-state index in [2.05, 4.69) is 69.0 Å². The van der Waals surface area contributed by atoms with Crippen molar-refractivity contribution in [2.75, 3.05) is 20.1 Å². The molecule has 0 atom stereocenters. The van der Waals surface area contributed by atoms with E-state index in [9.17, 15) is 0 Å². The number of aromatic nitrogens is 1. The van der Waals surface area contributed by atoms with Gasteiger partial charge in [-0.05, 0) is 43.0 Å². The highest BCUT2D eigenvalue weighted by atomic mass is 127. The number of halogens is 1. The quantitative estimate of drug-likeness (QED) is 0.311. The van der Waals surface area contributed by atoms with Gasteiger partial charge in [-0.15, -0.1) is 35.3 Å². The lowest BCUT2D eigenvalue weighted by atomic mass is 10.0. The first-order valence-electron chi connectivity index (χ1n) is 10.3. The summed E-state index contributed by atoms with van der Waals surface area (Å²) in [5, 5.41) is 10.1. The number of guanidine groups is 1. The van der Waals surface area contributed by atoms with Gasteiger partial charge in [0.25, 0.3) is 0 Å². The maximum Gasteiger partial charge on any atom is 0.191 e. The van der Waals surface area contributed by atoms with E-state index in [1.807, 2.05) is 7.05 Å². The van der Waals surface area contributed by atoms with Crippen molar-refractivity contribution in [3.05, 3.63) is 51.5 Å². The van der Waals surface area contributed by atoms with Crippen LogP contribution in [0.25, 0.3) is 0 Å². The van der Waals surface area contributed by atoms with Gasteiger partial charge in [-0.1, -0.05) is 44.5 Å². The second-order valence-electron chi connectivity index (χ2n) is 7.71. The maximum absolute atomic E-state index is 4.68. The standard InChI is InChI=1S/C22H33N5S.HI/c1-17(2)20-16-28-21(26-20)14-25-22(23-3)24-13-18-9-5-6-10-19(18)15-27-11-7-4-8-12-27;/h5-6,9-10,16-17H,4,7-8,11-15H2,1-3H3,(H2,23,24,25);1H. The number of nitrogens with one attached hydrogen (secondary N) is 2. The van der Waals surface area contributed by atoms with Gasteiger partial charge in [0.05, 0.1) is 12.2 Å². The van der Waals surface area contributed by atoms with Crippen molar-refractivity contribution in [1.82, 2.24) is 20.5 Å². The summed E-state index contributed by atoms with van der Waals surface area (Å²) in [6, 6.07) is 8.74. The third-order valence-corrected chi connectivity index (χ3v) is 6.07. The zero-order valence-electron chi connectivity index (χ0n) is 17.8. The Morgan fingerprint density at radius 1 is 1.10 bits per heavy atom. The first-order chi connectivity index (χ1) is 13.7. The molecule has 2 N–H and O–H groups in total. The molecule has 1 saturated heterocycles. The molecule has 0 amide bonds. The summed E-state index contributed by atoms with van der Waals surface area (Å²) >= 11 is 1.70. The molecule has 1 fully saturated rings. The molecule has 1 aliphatic heterocycles. The van der Waals surface area contributed by atoms with Crippen LogP contribution in [0.1, 0.15) is 60.9 Å². The number of aliphatic imine (C=N–C) groups is 1. The Balaban J connectivity index is 0.00000300. The fraction of sp³-hybridized carbons (Fsp3) is 0.545. The number of piperidine rings is 1. The van der Waals surface area contributed by atoms with Crippen molar-refractivity contribution in [2.45, 2.75) is 58.7 Å². The first kappa shape index (κ1) is 24.1. The molecule has 2 aromatic rings. The van der Waals surface area contributed by atoms with E-state index in [0.717, 1.165) is 29.8 Å². The normalized spacial score (nSPS) is 15.2. The molecule has 0 bridgehead atoms. The predicted octanol–water partition coefficient (Wildman–Crippen LogP) is 4.74. The van der Waals surface area contributed by atoms with Gasteiger partial charge in [-0.3, -0.25) is 9.89 Å². The molecule has 1 aromatic heterocycles. The Labute approximate surface area is 196 Å². The zero-order chi connectivity index (χ0) is 19.8. The lowest BCUT2D eigenvalue weighted by molar-refractivity contribution is 0.220. The van der Waals surface area contributed by atoms with E-state index >= 15 is 0 Å². The van der Waals surface area contributed by atoms with Crippen LogP contribution in [0, 0.1) is 0 Å². The van der Waals surface area contributed by atoms with Crippen LogP contribution in [0.2, 0.25) is 0 Å². The smallest absolute Gasteiger partial charge is 0.191 e. The maximum atomic E-state index is 4.68. The van der Waals surface area contributed by atoms with Crippen molar-refractivity contribution in [3.8, 4) is 0 Å².